The van der Waals surface area contributed by atoms with Gasteiger partial charge in [0.2, 0.25) is 5.91 Å². The number of ether oxygens (including phenoxy) is 1. The molecule has 0 aliphatic heterocycles. The molecule has 1 heterocycles. The smallest absolute Gasteiger partial charge is 0.306 e. The molecule has 6 heteroatoms. The van der Waals surface area contributed by atoms with Gasteiger partial charge in [0.1, 0.15) is 0 Å². The number of nitrogens with zero attached hydrogens (tertiary/aromatic N) is 1. The van der Waals surface area contributed by atoms with Gasteiger partial charge in [0.15, 0.2) is 0 Å². The third-order valence-electron chi connectivity index (χ3n) is 2.75. The SMILES string of the molecule is COC(=O)CCC(=O)NCc1csc(C2CC2)n1. The molecule has 1 aliphatic rings. The second kappa shape index (κ2) is 5.95. The molecule has 1 aromatic rings. The summed E-state index contributed by atoms with van der Waals surface area (Å²) in [6, 6.07) is 0. The molecular formula is C12H16N2O3S. The molecule has 1 aliphatic carbocycles. The fourth-order valence-corrected chi connectivity index (χ4v) is 2.51. The molecule has 2 rings (SSSR count). The molecule has 1 aromatic heterocycles. The number of hydrogen-bond acceptors (Lipinski definition) is 5. The van der Waals surface area contributed by atoms with Crippen molar-refractivity contribution < 1.29 is 14.3 Å². The van der Waals surface area contributed by atoms with Crippen LogP contribution in [0.4, 0.5) is 0 Å². The van der Waals surface area contributed by atoms with Crippen molar-refractivity contribution in [3.8, 4) is 0 Å². The fourth-order valence-electron chi connectivity index (χ4n) is 1.52. The topological polar surface area (TPSA) is 68.3 Å². The number of nitrogens with one attached hydrogen (secondary N) is 1. The lowest BCUT2D eigenvalue weighted by atomic mass is 10.3. The maximum Gasteiger partial charge on any atom is 0.306 e. The normalized spacial score (nSPS) is 14.3. The Balaban J connectivity index is 1.69. The van der Waals surface area contributed by atoms with Crippen molar-refractivity contribution in [2.75, 3.05) is 7.11 Å². The molecule has 18 heavy (non-hydrogen) atoms. The van der Waals surface area contributed by atoms with Gasteiger partial charge in [-0.1, -0.05) is 0 Å². The Labute approximate surface area is 110 Å². The Kier molecular flexibility index (Phi) is 4.30. The summed E-state index contributed by atoms with van der Waals surface area (Å²) in [7, 11) is 1.31. The van der Waals surface area contributed by atoms with Gasteiger partial charge >= 0.3 is 5.97 Å². The Morgan fingerprint density at radius 1 is 1.50 bits per heavy atom. The maximum atomic E-state index is 11.4. The highest BCUT2D eigenvalue weighted by Gasteiger charge is 2.26. The van der Waals surface area contributed by atoms with Crippen LogP contribution in [-0.4, -0.2) is 24.0 Å². The number of amides is 1. The summed E-state index contributed by atoms with van der Waals surface area (Å²) in [5.74, 6) is 0.134. The molecule has 98 valence electrons. The van der Waals surface area contributed by atoms with Gasteiger partial charge < -0.3 is 10.1 Å². The van der Waals surface area contributed by atoms with Crippen LogP contribution < -0.4 is 5.32 Å². The molecule has 0 bridgehead atoms. The average Bonchev–Trinajstić information content (AvgIpc) is 3.13. The largest absolute Gasteiger partial charge is 0.469 e. The molecule has 0 atom stereocenters. The number of esters is 1. The van der Waals surface area contributed by atoms with Gasteiger partial charge in [0, 0.05) is 17.7 Å². The van der Waals surface area contributed by atoms with Crippen LogP contribution in [0.3, 0.4) is 0 Å². The number of aromatic nitrogens is 1. The molecule has 1 saturated carbocycles. The van der Waals surface area contributed by atoms with E-state index in [0.29, 0.717) is 12.5 Å². The minimum atomic E-state index is -0.366. The van der Waals surface area contributed by atoms with E-state index < -0.39 is 0 Å². The quantitative estimate of drug-likeness (QED) is 0.795. The van der Waals surface area contributed by atoms with Crippen LogP contribution in [0.2, 0.25) is 0 Å². The molecule has 1 N–H and O–H groups in total. The molecule has 1 amide bonds. The lowest BCUT2D eigenvalue weighted by Crippen LogP contribution is -2.23. The van der Waals surface area contributed by atoms with E-state index in [1.165, 1.54) is 25.0 Å². The van der Waals surface area contributed by atoms with Crippen LogP contribution in [-0.2, 0) is 20.9 Å². The van der Waals surface area contributed by atoms with Crippen molar-refractivity contribution >= 4 is 23.2 Å². The number of methoxy groups -OCH3 is 1. The number of thiazole rings is 1. The summed E-state index contributed by atoms with van der Waals surface area (Å²) in [4.78, 5) is 26.8. The van der Waals surface area contributed by atoms with Gasteiger partial charge in [-0.2, -0.15) is 0 Å². The monoisotopic (exact) mass is 268 g/mol. The van der Waals surface area contributed by atoms with Crippen LogP contribution in [0, 0.1) is 0 Å². The average molecular weight is 268 g/mol. The fraction of sp³-hybridized carbons (Fsp3) is 0.583. The van der Waals surface area contributed by atoms with Crippen molar-refractivity contribution in [2.24, 2.45) is 0 Å². The van der Waals surface area contributed by atoms with Crippen molar-refractivity contribution in [2.45, 2.75) is 38.1 Å². The zero-order valence-electron chi connectivity index (χ0n) is 10.3. The number of carbonyl (C=O) groups is 2. The van der Waals surface area contributed by atoms with Crippen LogP contribution in [0.25, 0.3) is 0 Å². The van der Waals surface area contributed by atoms with E-state index in [-0.39, 0.29) is 24.7 Å². The standard InChI is InChI=1S/C12H16N2O3S/c1-17-11(16)5-4-10(15)13-6-9-7-18-12(14-9)8-2-3-8/h7-8H,2-6H2,1H3,(H,13,15). The van der Waals surface area contributed by atoms with Crippen molar-refractivity contribution in [3.05, 3.63) is 16.1 Å². The molecule has 0 radical (unpaired) electrons. The molecule has 0 spiro atoms. The van der Waals surface area contributed by atoms with Crippen LogP contribution >= 0.6 is 11.3 Å². The zero-order chi connectivity index (χ0) is 13.0. The molecule has 0 aromatic carbocycles. The Hall–Kier alpha value is -1.43. The van der Waals surface area contributed by atoms with Gasteiger partial charge in [-0.15, -0.1) is 11.3 Å². The van der Waals surface area contributed by atoms with Crippen LogP contribution in [0.5, 0.6) is 0 Å². The van der Waals surface area contributed by atoms with E-state index in [0.717, 1.165) is 5.69 Å². The second-order valence-corrected chi connectivity index (χ2v) is 5.19. The summed E-state index contributed by atoms with van der Waals surface area (Å²) < 4.78 is 4.47. The van der Waals surface area contributed by atoms with E-state index in [1.807, 2.05) is 5.38 Å². The van der Waals surface area contributed by atoms with E-state index in [2.05, 4.69) is 15.0 Å². The predicted molar refractivity (Wildman–Crippen MR) is 67.2 cm³/mol. The Morgan fingerprint density at radius 2 is 2.28 bits per heavy atom. The maximum absolute atomic E-state index is 11.4. The lowest BCUT2D eigenvalue weighted by molar-refractivity contribution is -0.142. The van der Waals surface area contributed by atoms with E-state index in [1.54, 1.807) is 11.3 Å². The van der Waals surface area contributed by atoms with Gasteiger partial charge in [0.05, 0.1) is 30.8 Å². The minimum Gasteiger partial charge on any atom is -0.469 e. The van der Waals surface area contributed by atoms with Gasteiger partial charge in [0.25, 0.3) is 0 Å². The van der Waals surface area contributed by atoms with Crippen molar-refractivity contribution in [3.63, 3.8) is 0 Å². The highest BCUT2D eigenvalue weighted by molar-refractivity contribution is 7.09. The second-order valence-electron chi connectivity index (χ2n) is 4.30. The third kappa shape index (κ3) is 3.80. The first-order valence-electron chi connectivity index (χ1n) is 5.97. The molecule has 0 unspecified atom stereocenters. The van der Waals surface area contributed by atoms with Crippen LogP contribution in [0.1, 0.15) is 42.3 Å². The molecule has 0 saturated heterocycles. The Bertz CT molecular complexity index is 440. The lowest BCUT2D eigenvalue weighted by Gasteiger charge is -2.02. The highest BCUT2D eigenvalue weighted by Crippen LogP contribution is 2.41. The summed E-state index contributed by atoms with van der Waals surface area (Å²) in [5, 5.41) is 5.90. The van der Waals surface area contributed by atoms with Gasteiger partial charge in [-0.3, -0.25) is 9.59 Å². The van der Waals surface area contributed by atoms with E-state index in [9.17, 15) is 9.59 Å². The zero-order valence-corrected chi connectivity index (χ0v) is 11.1. The molecule has 1 fully saturated rings. The van der Waals surface area contributed by atoms with E-state index in [4.69, 9.17) is 0 Å². The first-order chi connectivity index (χ1) is 8.69. The summed E-state index contributed by atoms with van der Waals surface area (Å²) in [5.41, 5.74) is 0.897. The van der Waals surface area contributed by atoms with Crippen LogP contribution in [0.15, 0.2) is 5.38 Å². The highest BCUT2D eigenvalue weighted by atomic mass is 32.1. The number of hydrogen-bond donors (Lipinski definition) is 1. The minimum absolute atomic E-state index is 0.118. The molecular weight excluding hydrogens is 252 g/mol. The van der Waals surface area contributed by atoms with Gasteiger partial charge in [-0.25, -0.2) is 4.98 Å². The summed E-state index contributed by atoms with van der Waals surface area (Å²) in [6.45, 7) is 0.434. The van der Waals surface area contributed by atoms with E-state index >= 15 is 0 Å². The predicted octanol–water partition coefficient (Wildman–Crippen LogP) is 1.59. The molecule has 5 nitrogen and oxygen atoms in total. The van der Waals surface area contributed by atoms with Gasteiger partial charge in [-0.05, 0) is 12.8 Å². The first-order valence-corrected chi connectivity index (χ1v) is 6.85. The summed E-state index contributed by atoms with van der Waals surface area (Å²) >= 11 is 1.66. The summed E-state index contributed by atoms with van der Waals surface area (Å²) in [6.07, 6.45) is 2.75. The van der Waals surface area contributed by atoms with Crippen molar-refractivity contribution in [1.29, 1.82) is 0 Å². The van der Waals surface area contributed by atoms with Crippen molar-refractivity contribution in [1.82, 2.24) is 10.3 Å². The number of carbonyl (C=O) groups excluding carboxylic acids is 2. The third-order valence-corrected chi connectivity index (χ3v) is 3.80. The first kappa shape index (κ1) is 13.0. The Morgan fingerprint density at radius 3 is 2.94 bits per heavy atom. The number of rotatable bonds is 6.